The Morgan fingerprint density at radius 2 is 0.838 bits per heavy atom. The maximum Gasteiger partial charge on any atom is 0.460 e. The molecule has 0 spiro atoms. The number of hydrogen-bond acceptors (Lipinski definition) is 4. The number of carbonyl (C=O) groups excluding carboxylic acids is 1. The lowest BCUT2D eigenvalue weighted by Gasteiger charge is -2.42. The van der Waals surface area contributed by atoms with Crippen molar-refractivity contribution in [1.82, 2.24) is 0 Å². The number of carbonyl (C=O) groups is 1. The van der Waals surface area contributed by atoms with Crippen LogP contribution >= 0.6 is 12.6 Å². The summed E-state index contributed by atoms with van der Waals surface area (Å²) in [4.78, 5) is 10.8. The monoisotopic (exact) mass is 632 g/mol. The second-order valence-electron chi connectivity index (χ2n) is 7.77. The zero-order valence-corrected chi connectivity index (χ0v) is 19.4. The van der Waals surface area contributed by atoms with E-state index in [1.807, 2.05) is 20.8 Å². The van der Waals surface area contributed by atoms with E-state index >= 15 is 0 Å². The van der Waals surface area contributed by atoms with Gasteiger partial charge in [0, 0.05) is 11.2 Å². The molecule has 0 fully saturated rings. The molecule has 0 saturated carbocycles. The van der Waals surface area contributed by atoms with E-state index in [1.54, 1.807) is 0 Å². The summed E-state index contributed by atoms with van der Waals surface area (Å²) < 4.78 is 242. The maximum absolute atomic E-state index is 13.0. The van der Waals surface area contributed by atoms with E-state index in [4.69, 9.17) is 4.55 Å². The highest BCUT2D eigenvalue weighted by Gasteiger charge is 2.96. The van der Waals surface area contributed by atoms with E-state index in [1.165, 1.54) is 0 Å². The Kier molecular flexibility index (Phi) is 10.3. The van der Waals surface area contributed by atoms with Crippen LogP contribution in [0.25, 0.3) is 0 Å². The van der Waals surface area contributed by atoms with Crippen LogP contribution in [-0.2, 0) is 14.9 Å². The number of rotatable bonds is 8. The molecule has 0 aliphatic heterocycles. The molecule has 0 amide bonds. The Hall–Kier alpha value is -1.26. The molecule has 0 unspecified atom stereocenters. The first kappa shape index (κ1) is 37.9. The van der Waals surface area contributed by atoms with Crippen molar-refractivity contribution in [3.05, 3.63) is 0 Å². The molecular formula is C14H13F17O4S2. The van der Waals surface area contributed by atoms with E-state index in [0.29, 0.717) is 5.75 Å². The van der Waals surface area contributed by atoms with Crippen molar-refractivity contribution < 1.29 is 92.4 Å². The van der Waals surface area contributed by atoms with Crippen molar-refractivity contribution in [1.29, 1.82) is 0 Å². The van der Waals surface area contributed by atoms with Crippen LogP contribution in [-0.4, -0.2) is 71.5 Å². The van der Waals surface area contributed by atoms with Gasteiger partial charge in [-0.15, -0.1) is 0 Å². The molecule has 1 N–H and O–H groups in total. The molecule has 0 bridgehead atoms. The van der Waals surface area contributed by atoms with Gasteiger partial charge in [-0.2, -0.15) is 95.7 Å². The van der Waals surface area contributed by atoms with Crippen LogP contribution in [0.2, 0.25) is 0 Å². The van der Waals surface area contributed by atoms with Crippen LogP contribution in [0.3, 0.4) is 0 Å². The van der Waals surface area contributed by atoms with Gasteiger partial charge in [0.2, 0.25) is 0 Å². The molecule has 0 radical (unpaired) electrons. The quantitative estimate of drug-likeness (QED) is 0.185. The summed E-state index contributed by atoms with van der Waals surface area (Å²) in [5.74, 6) is -51.4. The average molecular weight is 632 g/mol. The fraction of sp³-hybridized carbons (Fsp3) is 0.929. The van der Waals surface area contributed by atoms with Crippen LogP contribution in [0.1, 0.15) is 20.8 Å². The zero-order chi connectivity index (χ0) is 31.3. The summed E-state index contributed by atoms with van der Waals surface area (Å²) in [5, 5.41) is -7.84. The fourth-order valence-electron chi connectivity index (χ4n) is 1.55. The van der Waals surface area contributed by atoms with Gasteiger partial charge in [0.1, 0.15) is 5.78 Å². The van der Waals surface area contributed by atoms with Gasteiger partial charge in [0.05, 0.1) is 0 Å². The van der Waals surface area contributed by atoms with Crippen molar-refractivity contribution in [2.45, 2.75) is 67.7 Å². The minimum absolute atomic E-state index is 0.195. The van der Waals surface area contributed by atoms with Gasteiger partial charge in [0.15, 0.2) is 0 Å². The molecule has 0 aromatic heterocycles. The lowest BCUT2D eigenvalue weighted by Crippen LogP contribution is -2.74. The molecule has 0 aliphatic carbocycles. The maximum atomic E-state index is 13.0. The van der Waals surface area contributed by atoms with Crippen molar-refractivity contribution in [2.24, 2.45) is 5.41 Å². The average Bonchev–Trinajstić information content (AvgIpc) is 2.64. The first-order valence-electron chi connectivity index (χ1n) is 8.31. The van der Waals surface area contributed by atoms with Crippen LogP contribution in [0.5, 0.6) is 0 Å². The normalized spacial score (nSPS) is 15.7. The van der Waals surface area contributed by atoms with Gasteiger partial charge in [-0.05, 0) is 0 Å². The molecule has 0 aromatic rings. The minimum Gasteiger partial charge on any atom is -0.298 e. The molecule has 224 valence electrons. The highest BCUT2D eigenvalue weighted by molar-refractivity contribution is 7.87. The Morgan fingerprint density at radius 3 is 1.00 bits per heavy atom. The summed E-state index contributed by atoms with van der Waals surface area (Å²) in [6.07, 6.45) is -7.88. The standard InChI is InChI=1S/C8HF17O3S.C6H12OS/c9-1(10,3(13,14)5(17,18)7(21,22)23)2(11,12)4(15,16)6(19,20)8(24,25)29(26,27)28;1-6(2,3)5(7)4-8/h(H,26,27,28);8H,4H2,1-3H3. The van der Waals surface area contributed by atoms with Crippen LogP contribution in [0, 0.1) is 5.41 Å². The Balaban J connectivity index is 0. The van der Waals surface area contributed by atoms with Crippen molar-refractivity contribution in [2.75, 3.05) is 5.75 Å². The Bertz CT molecular complexity index is 933. The van der Waals surface area contributed by atoms with Gasteiger partial charge in [-0.3, -0.25) is 9.35 Å². The summed E-state index contributed by atoms with van der Waals surface area (Å²) in [6.45, 7) is 5.68. The number of ketones is 1. The SMILES string of the molecule is CC(C)(C)C(=O)CS.O=S(=O)(O)C(F)(F)C(F)(F)C(F)(F)C(F)(F)C(F)(F)C(F)(F)C(F)(F)C(F)(F)F. The third kappa shape index (κ3) is 6.01. The second-order valence-corrected chi connectivity index (χ2v) is 9.55. The lowest BCUT2D eigenvalue weighted by molar-refractivity contribution is -0.458. The van der Waals surface area contributed by atoms with E-state index in [0.717, 1.165) is 0 Å². The van der Waals surface area contributed by atoms with Gasteiger partial charge in [-0.1, -0.05) is 20.8 Å². The van der Waals surface area contributed by atoms with Gasteiger partial charge < -0.3 is 0 Å². The lowest BCUT2D eigenvalue weighted by atomic mass is 9.91. The summed E-state index contributed by atoms with van der Waals surface area (Å²) >= 11 is 3.86. The van der Waals surface area contributed by atoms with Crippen molar-refractivity contribution in [3.8, 4) is 0 Å². The Morgan fingerprint density at radius 1 is 0.595 bits per heavy atom. The first-order valence-corrected chi connectivity index (χ1v) is 10.4. The van der Waals surface area contributed by atoms with Crippen molar-refractivity contribution >= 4 is 28.5 Å². The molecule has 0 saturated heterocycles. The van der Waals surface area contributed by atoms with E-state index < -0.39 is 57.1 Å². The van der Waals surface area contributed by atoms with Gasteiger partial charge in [-0.25, -0.2) is 0 Å². The number of hydrogen-bond donors (Lipinski definition) is 2. The molecule has 0 rings (SSSR count). The van der Waals surface area contributed by atoms with Gasteiger partial charge in [0.25, 0.3) is 0 Å². The topological polar surface area (TPSA) is 71.4 Å². The molecule has 23 heteroatoms. The van der Waals surface area contributed by atoms with Crippen molar-refractivity contribution in [3.63, 3.8) is 0 Å². The molecule has 0 atom stereocenters. The van der Waals surface area contributed by atoms with Crippen LogP contribution in [0.4, 0.5) is 74.6 Å². The fourth-order valence-corrected chi connectivity index (χ4v) is 2.48. The molecule has 4 nitrogen and oxygen atoms in total. The molecule has 0 aliphatic rings. The predicted molar refractivity (Wildman–Crippen MR) is 90.5 cm³/mol. The largest absolute Gasteiger partial charge is 0.460 e. The summed E-state index contributed by atoms with van der Waals surface area (Å²) in [6, 6.07) is 0. The third-order valence-electron chi connectivity index (χ3n) is 4.00. The van der Waals surface area contributed by atoms with E-state index in [9.17, 15) is 87.8 Å². The molecular weight excluding hydrogens is 619 g/mol. The Labute approximate surface area is 200 Å². The number of alkyl halides is 17. The van der Waals surface area contributed by atoms with E-state index in [2.05, 4.69) is 12.6 Å². The second kappa shape index (κ2) is 10.0. The molecule has 0 aromatic carbocycles. The van der Waals surface area contributed by atoms with Crippen LogP contribution in [0.15, 0.2) is 0 Å². The number of halogens is 17. The van der Waals surface area contributed by atoms with E-state index in [-0.39, 0.29) is 11.2 Å². The first-order chi connectivity index (χ1) is 15.5. The highest BCUT2D eigenvalue weighted by Crippen LogP contribution is 2.64. The highest BCUT2D eigenvalue weighted by atomic mass is 32.2. The zero-order valence-electron chi connectivity index (χ0n) is 17.7. The smallest absolute Gasteiger partial charge is 0.298 e. The minimum atomic E-state index is -8.89. The molecule has 0 heterocycles. The van der Waals surface area contributed by atoms with Crippen LogP contribution < -0.4 is 0 Å². The van der Waals surface area contributed by atoms with Gasteiger partial charge >= 0.3 is 57.1 Å². The summed E-state index contributed by atoms with van der Waals surface area (Å²) in [7, 11) is -7.89. The summed E-state index contributed by atoms with van der Waals surface area (Å²) in [5.41, 5.74) is -0.207. The molecule has 37 heavy (non-hydrogen) atoms. The number of thiol groups is 1. The third-order valence-corrected chi connectivity index (χ3v) is 5.19. The number of Topliss-reactive ketones (excluding diaryl/α,β-unsaturated/α-hetero) is 1. The predicted octanol–water partition coefficient (Wildman–Crippen LogP) is 6.37.